The second kappa shape index (κ2) is 5.68. The quantitative estimate of drug-likeness (QED) is 0.743. The third-order valence-electron chi connectivity index (χ3n) is 4.32. The summed E-state index contributed by atoms with van der Waals surface area (Å²) in [7, 11) is 0. The highest BCUT2D eigenvalue weighted by Crippen LogP contribution is 2.36. The summed E-state index contributed by atoms with van der Waals surface area (Å²) in [4.78, 5) is 2.69. The van der Waals surface area contributed by atoms with Crippen LogP contribution in [-0.4, -0.2) is 49.3 Å². The van der Waals surface area contributed by atoms with E-state index in [1.807, 2.05) is 0 Å². The van der Waals surface area contributed by atoms with Crippen molar-refractivity contribution in [3.05, 3.63) is 0 Å². The van der Waals surface area contributed by atoms with Gasteiger partial charge in [-0.15, -0.1) is 0 Å². The molecular formula is C14H28N2O. The predicted octanol–water partition coefficient (Wildman–Crippen LogP) is 1.88. The van der Waals surface area contributed by atoms with Gasteiger partial charge in [0.1, 0.15) is 0 Å². The molecule has 17 heavy (non-hydrogen) atoms. The monoisotopic (exact) mass is 240 g/mol. The van der Waals surface area contributed by atoms with Crippen LogP contribution < -0.4 is 5.32 Å². The maximum atomic E-state index is 5.61. The largest absolute Gasteiger partial charge is 0.378 e. The van der Waals surface area contributed by atoms with Gasteiger partial charge in [0.15, 0.2) is 0 Å². The molecular weight excluding hydrogens is 212 g/mol. The SMILES string of the molecule is CCCNCC1CCC1N1CCOCC1(C)C. The number of hydrogen-bond donors (Lipinski definition) is 1. The highest BCUT2D eigenvalue weighted by Gasteiger charge is 2.42. The van der Waals surface area contributed by atoms with Crippen molar-refractivity contribution in [1.82, 2.24) is 10.2 Å². The fourth-order valence-corrected chi connectivity index (χ4v) is 3.15. The van der Waals surface area contributed by atoms with E-state index in [9.17, 15) is 0 Å². The average Bonchev–Trinajstić information content (AvgIpc) is 2.25. The van der Waals surface area contributed by atoms with Crippen LogP contribution in [0.3, 0.4) is 0 Å². The molecule has 3 heteroatoms. The second-order valence-electron chi connectivity index (χ2n) is 6.17. The molecule has 0 aromatic carbocycles. The van der Waals surface area contributed by atoms with Gasteiger partial charge < -0.3 is 10.1 Å². The van der Waals surface area contributed by atoms with Crippen LogP contribution in [0.4, 0.5) is 0 Å². The summed E-state index contributed by atoms with van der Waals surface area (Å²) in [5.74, 6) is 0.860. The molecule has 3 nitrogen and oxygen atoms in total. The van der Waals surface area contributed by atoms with Crippen LogP contribution in [0.25, 0.3) is 0 Å². The highest BCUT2D eigenvalue weighted by atomic mass is 16.5. The summed E-state index contributed by atoms with van der Waals surface area (Å²) < 4.78 is 5.61. The van der Waals surface area contributed by atoms with Gasteiger partial charge in [-0.05, 0) is 52.1 Å². The van der Waals surface area contributed by atoms with Crippen molar-refractivity contribution in [3.63, 3.8) is 0 Å². The molecule has 2 rings (SSSR count). The summed E-state index contributed by atoms with van der Waals surface area (Å²) in [6.45, 7) is 12.1. The third-order valence-corrected chi connectivity index (χ3v) is 4.32. The molecule has 0 amide bonds. The first-order valence-corrected chi connectivity index (χ1v) is 7.20. The number of nitrogens with zero attached hydrogens (tertiary/aromatic N) is 1. The maximum absolute atomic E-state index is 5.61. The van der Waals surface area contributed by atoms with Gasteiger partial charge in [-0.3, -0.25) is 4.90 Å². The molecule has 0 aromatic rings. The zero-order valence-electron chi connectivity index (χ0n) is 11.7. The minimum atomic E-state index is 0.229. The first kappa shape index (κ1) is 13.3. The number of hydrogen-bond acceptors (Lipinski definition) is 3. The Morgan fingerprint density at radius 3 is 2.76 bits per heavy atom. The Morgan fingerprint density at radius 1 is 1.35 bits per heavy atom. The summed E-state index contributed by atoms with van der Waals surface area (Å²) in [6.07, 6.45) is 4.01. The van der Waals surface area contributed by atoms with E-state index in [4.69, 9.17) is 4.74 Å². The summed E-state index contributed by atoms with van der Waals surface area (Å²) in [6, 6.07) is 0.790. The van der Waals surface area contributed by atoms with Gasteiger partial charge in [0, 0.05) is 18.1 Å². The second-order valence-corrected chi connectivity index (χ2v) is 6.17. The van der Waals surface area contributed by atoms with Gasteiger partial charge in [-0.25, -0.2) is 0 Å². The zero-order chi connectivity index (χ0) is 12.3. The Labute approximate surface area is 106 Å². The molecule has 1 heterocycles. The Bertz CT molecular complexity index is 242. The zero-order valence-corrected chi connectivity index (χ0v) is 11.7. The summed E-state index contributed by atoms with van der Waals surface area (Å²) >= 11 is 0. The lowest BCUT2D eigenvalue weighted by Crippen LogP contribution is -2.62. The fourth-order valence-electron chi connectivity index (χ4n) is 3.15. The van der Waals surface area contributed by atoms with E-state index in [1.165, 1.54) is 25.8 Å². The Kier molecular flexibility index (Phi) is 4.45. The van der Waals surface area contributed by atoms with E-state index in [1.54, 1.807) is 0 Å². The maximum Gasteiger partial charge on any atom is 0.0645 e. The lowest BCUT2D eigenvalue weighted by molar-refractivity contribution is -0.103. The molecule has 2 unspecified atom stereocenters. The molecule has 0 bridgehead atoms. The van der Waals surface area contributed by atoms with Crippen molar-refractivity contribution in [1.29, 1.82) is 0 Å². The molecule has 2 atom stereocenters. The molecule has 1 saturated heterocycles. The van der Waals surface area contributed by atoms with Gasteiger partial charge >= 0.3 is 0 Å². The number of morpholine rings is 1. The molecule has 2 fully saturated rings. The smallest absolute Gasteiger partial charge is 0.0645 e. The van der Waals surface area contributed by atoms with Crippen molar-refractivity contribution in [2.45, 2.75) is 51.6 Å². The minimum absolute atomic E-state index is 0.229. The van der Waals surface area contributed by atoms with Crippen LogP contribution in [-0.2, 0) is 4.74 Å². The van der Waals surface area contributed by atoms with E-state index >= 15 is 0 Å². The first-order chi connectivity index (χ1) is 8.15. The Balaban J connectivity index is 1.84. The average molecular weight is 240 g/mol. The predicted molar refractivity (Wildman–Crippen MR) is 71.3 cm³/mol. The van der Waals surface area contributed by atoms with Crippen LogP contribution in [0.1, 0.15) is 40.0 Å². The topological polar surface area (TPSA) is 24.5 Å². The molecule has 0 spiro atoms. The van der Waals surface area contributed by atoms with Gasteiger partial charge in [-0.1, -0.05) is 6.92 Å². The van der Waals surface area contributed by atoms with E-state index in [2.05, 4.69) is 31.0 Å². The molecule has 1 N–H and O–H groups in total. The molecule has 100 valence electrons. The standard InChI is InChI=1S/C14H28N2O/c1-4-7-15-10-12-5-6-13(12)16-8-9-17-11-14(16,2)3/h12-13,15H,4-11H2,1-3H3. The lowest BCUT2D eigenvalue weighted by atomic mass is 9.76. The van der Waals surface area contributed by atoms with Crippen molar-refractivity contribution in [2.24, 2.45) is 5.92 Å². The highest BCUT2D eigenvalue weighted by molar-refractivity contribution is 4.97. The lowest BCUT2D eigenvalue weighted by Gasteiger charge is -2.53. The molecule has 1 saturated carbocycles. The van der Waals surface area contributed by atoms with Crippen molar-refractivity contribution < 1.29 is 4.74 Å². The number of nitrogens with one attached hydrogen (secondary N) is 1. The van der Waals surface area contributed by atoms with Gasteiger partial charge in [0.05, 0.1) is 13.2 Å². The Hall–Kier alpha value is -0.120. The molecule has 2 aliphatic rings. The minimum Gasteiger partial charge on any atom is -0.378 e. The van der Waals surface area contributed by atoms with E-state index < -0.39 is 0 Å². The first-order valence-electron chi connectivity index (χ1n) is 7.20. The molecule has 0 aromatic heterocycles. The van der Waals surface area contributed by atoms with Gasteiger partial charge in [-0.2, -0.15) is 0 Å². The molecule has 1 aliphatic carbocycles. The van der Waals surface area contributed by atoms with Crippen LogP contribution in [0.5, 0.6) is 0 Å². The van der Waals surface area contributed by atoms with Crippen molar-refractivity contribution >= 4 is 0 Å². The Morgan fingerprint density at radius 2 is 2.18 bits per heavy atom. The summed E-state index contributed by atoms with van der Waals surface area (Å²) in [5, 5.41) is 3.58. The summed E-state index contributed by atoms with van der Waals surface area (Å²) in [5.41, 5.74) is 0.229. The van der Waals surface area contributed by atoms with Crippen LogP contribution in [0.2, 0.25) is 0 Å². The fraction of sp³-hybridized carbons (Fsp3) is 1.00. The van der Waals surface area contributed by atoms with E-state index in [-0.39, 0.29) is 5.54 Å². The molecule has 1 aliphatic heterocycles. The number of rotatable bonds is 5. The van der Waals surface area contributed by atoms with Gasteiger partial charge in [0.2, 0.25) is 0 Å². The van der Waals surface area contributed by atoms with Crippen LogP contribution >= 0.6 is 0 Å². The van der Waals surface area contributed by atoms with Crippen LogP contribution in [0.15, 0.2) is 0 Å². The van der Waals surface area contributed by atoms with E-state index in [0.717, 1.165) is 38.3 Å². The third kappa shape index (κ3) is 3.01. The normalized spacial score (nSPS) is 33.4. The van der Waals surface area contributed by atoms with Gasteiger partial charge in [0.25, 0.3) is 0 Å². The van der Waals surface area contributed by atoms with E-state index in [0.29, 0.717) is 0 Å². The molecule has 0 radical (unpaired) electrons. The van der Waals surface area contributed by atoms with Crippen molar-refractivity contribution in [3.8, 4) is 0 Å². The van der Waals surface area contributed by atoms with Crippen LogP contribution in [0, 0.1) is 5.92 Å². The van der Waals surface area contributed by atoms with Crippen molar-refractivity contribution in [2.75, 3.05) is 32.8 Å². The number of ether oxygens (including phenoxy) is 1.